The van der Waals surface area contributed by atoms with Gasteiger partial charge < -0.3 is 39.8 Å². The van der Waals surface area contributed by atoms with Crippen LogP contribution >= 0.6 is 7.75 Å². The number of nitrogens with zero attached hydrogens (tertiary/aromatic N) is 2. The lowest BCUT2D eigenvalue weighted by Crippen LogP contribution is -2.40. The van der Waals surface area contributed by atoms with Gasteiger partial charge in [0.2, 0.25) is 5.88 Å². The topological polar surface area (TPSA) is 231 Å². The second-order valence-electron chi connectivity index (χ2n) is 7.92. The molecule has 0 aliphatic carbocycles. The Bertz CT molecular complexity index is 1190. The van der Waals surface area contributed by atoms with Crippen LogP contribution in [0.2, 0.25) is 0 Å². The van der Waals surface area contributed by atoms with Crippen LogP contribution in [0.3, 0.4) is 0 Å². The Morgan fingerprint density at radius 2 is 1.87 bits per heavy atom. The Labute approximate surface area is 215 Å². The van der Waals surface area contributed by atoms with Gasteiger partial charge >= 0.3 is 19.7 Å². The standard InChI is InChI=1S/C21H27N4O12P/c1-33-14(26)8-12(21(31)34-2)24-38(32,37-11-6-4-3-5-7-11)35-9-13-16(27)17(28)20(36-13)25-10-23-15(18(22)29)19(25)30/h3-7,10,12-13,16-17,20,27-28,30H,8-9H2,1-2H3,(H2,22,29)(H,24,32)/t12-,13-,16?,17-,20-,38?/m1/s1. The molecule has 1 aromatic heterocycles. The molecule has 16 nitrogen and oxygen atoms in total. The maximum absolute atomic E-state index is 13.7. The van der Waals surface area contributed by atoms with Crippen LogP contribution in [0.1, 0.15) is 23.1 Å². The third kappa shape index (κ3) is 6.66. The molecule has 6 N–H and O–H groups in total. The van der Waals surface area contributed by atoms with Crippen molar-refractivity contribution in [2.45, 2.75) is 37.0 Å². The summed E-state index contributed by atoms with van der Waals surface area (Å²) in [5.74, 6) is -3.47. The third-order valence-corrected chi connectivity index (χ3v) is 6.96. The van der Waals surface area contributed by atoms with Gasteiger partial charge in [-0.15, -0.1) is 0 Å². The van der Waals surface area contributed by atoms with Crippen molar-refractivity contribution in [2.24, 2.45) is 5.73 Å². The highest BCUT2D eigenvalue weighted by Gasteiger charge is 2.46. The van der Waals surface area contributed by atoms with Crippen LogP contribution in [-0.4, -0.2) is 87.9 Å². The van der Waals surface area contributed by atoms with Gasteiger partial charge in [0.1, 0.15) is 36.4 Å². The summed E-state index contributed by atoms with van der Waals surface area (Å²) in [5, 5.41) is 33.5. The summed E-state index contributed by atoms with van der Waals surface area (Å²) >= 11 is 0. The molecule has 0 saturated carbocycles. The molecule has 0 radical (unpaired) electrons. The van der Waals surface area contributed by atoms with Crippen molar-refractivity contribution in [1.29, 1.82) is 0 Å². The molecule has 2 aromatic rings. The largest absolute Gasteiger partial charge is 0.493 e. The first kappa shape index (κ1) is 29.0. The van der Waals surface area contributed by atoms with Crippen LogP contribution < -0.4 is 15.3 Å². The van der Waals surface area contributed by atoms with E-state index in [2.05, 4.69) is 19.5 Å². The minimum atomic E-state index is -4.50. The van der Waals surface area contributed by atoms with Gasteiger partial charge in [-0.2, -0.15) is 5.09 Å². The number of benzene rings is 1. The predicted octanol–water partition coefficient (Wildman–Crippen LogP) is -0.795. The number of carbonyl (C=O) groups is 3. The SMILES string of the molecule is COC(=O)C[C@@H](NP(=O)(OC[C@H]1O[C@@H](n2cnc(C(N)=O)c2O)[C@H](O)C1O)Oc1ccccc1)C(=O)OC. The number of aliphatic hydroxyl groups is 2. The molecular weight excluding hydrogens is 531 g/mol. The summed E-state index contributed by atoms with van der Waals surface area (Å²) in [6, 6.07) is 6.21. The van der Waals surface area contributed by atoms with Crippen LogP contribution in [0, 0.1) is 0 Å². The second kappa shape index (κ2) is 12.3. The van der Waals surface area contributed by atoms with Crippen molar-refractivity contribution >= 4 is 25.6 Å². The molecule has 1 aliphatic heterocycles. The molecular formula is C21H27N4O12P. The Morgan fingerprint density at radius 1 is 1.18 bits per heavy atom. The minimum absolute atomic E-state index is 0.0677. The van der Waals surface area contributed by atoms with E-state index in [4.69, 9.17) is 19.5 Å². The minimum Gasteiger partial charge on any atom is -0.493 e. The van der Waals surface area contributed by atoms with E-state index in [-0.39, 0.29) is 5.75 Å². The fourth-order valence-corrected chi connectivity index (χ4v) is 4.96. The first-order valence-corrected chi connectivity index (χ1v) is 12.5. The second-order valence-corrected chi connectivity index (χ2v) is 9.61. The summed E-state index contributed by atoms with van der Waals surface area (Å²) in [5.41, 5.74) is 4.64. The number of para-hydroxylation sites is 1. The number of primary amides is 1. The fourth-order valence-electron chi connectivity index (χ4n) is 3.46. The number of aliphatic hydroxyl groups excluding tert-OH is 2. The lowest BCUT2D eigenvalue weighted by molar-refractivity contribution is -0.149. The number of carbonyl (C=O) groups excluding carboxylic acids is 3. The molecule has 1 fully saturated rings. The van der Waals surface area contributed by atoms with Gasteiger partial charge in [-0.3, -0.25) is 23.5 Å². The molecule has 17 heteroatoms. The summed E-state index contributed by atoms with van der Waals surface area (Å²) in [7, 11) is -2.35. The Morgan fingerprint density at radius 3 is 2.45 bits per heavy atom. The molecule has 38 heavy (non-hydrogen) atoms. The number of nitrogens with two attached hydrogens (primary N) is 1. The summed E-state index contributed by atoms with van der Waals surface area (Å²) in [6.45, 7) is -0.671. The van der Waals surface area contributed by atoms with Crippen LogP contribution in [0.25, 0.3) is 0 Å². The summed E-state index contributed by atoms with van der Waals surface area (Å²) in [4.78, 5) is 39.0. The van der Waals surface area contributed by atoms with E-state index < -0.39 is 80.8 Å². The zero-order chi connectivity index (χ0) is 28.0. The number of amides is 1. The fraction of sp³-hybridized carbons (Fsp3) is 0.429. The third-order valence-electron chi connectivity index (χ3n) is 5.39. The van der Waals surface area contributed by atoms with E-state index in [1.165, 1.54) is 12.1 Å². The van der Waals surface area contributed by atoms with Crippen molar-refractivity contribution in [2.75, 3.05) is 20.8 Å². The number of aromatic hydroxyl groups is 1. The van der Waals surface area contributed by atoms with E-state index in [0.717, 1.165) is 25.1 Å². The van der Waals surface area contributed by atoms with Gasteiger partial charge in [-0.1, -0.05) is 18.2 Å². The van der Waals surface area contributed by atoms with Crippen LogP contribution in [-0.2, 0) is 32.9 Å². The molecule has 0 bridgehead atoms. The van der Waals surface area contributed by atoms with Gasteiger partial charge in [0.25, 0.3) is 5.91 Å². The highest BCUT2D eigenvalue weighted by Crippen LogP contribution is 2.46. The van der Waals surface area contributed by atoms with Crippen LogP contribution in [0.15, 0.2) is 36.7 Å². The Balaban J connectivity index is 1.81. The molecule has 1 amide bonds. The zero-order valence-corrected chi connectivity index (χ0v) is 21.1. The monoisotopic (exact) mass is 558 g/mol. The molecule has 6 atom stereocenters. The average molecular weight is 558 g/mol. The predicted molar refractivity (Wildman–Crippen MR) is 125 cm³/mol. The number of rotatable bonds is 12. The summed E-state index contributed by atoms with van der Waals surface area (Å²) in [6.07, 6.45) is -5.66. The van der Waals surface area contributed by atoms with E-state index in [9.17, 15) is 34.3 Å². The van der Waals surface area contributed by atoms with E-state index in [1.807, 2.05) is 0 Å². The number of methoxy groups -OCH3 is 2. The molecule has 0 spiro atoms. The summed E-state index contributed by atoms with van der Waals surface area (Å²) < 4.78 is 40.3. The number of nitrogens with one attached hydrogen (secondary N) is 1. The first-order chi connectivity index (χ1) is 18.0. The van der Waals surface area contributed by atoms with Crippen molar-refractivity contribution < 1.29 is 57.5 Å². The molecule has 1 aromatic carbocycles. The zero-order valence-electron chi connectivity index (χ0n) is 20.2. The first-order valence-electron chi connectivity index (χ1n) is 11.0. The van der Waals surface area contributed by atoms with Gasteiger partial charge in [0, 0.05) is 0 Å². The average Bonchev–Trinajstić information content (AvgIpc) is 3.41. The lowest BCUT2D eigenvalue weighted by Gasteiger charge is -2.25. The smallest absolute Gasteiger partial charge is 0.459 e. The van der Waals surface area contributed by atoms with E-state index >= 15 is 0 Å². The number of hydrogen-bond acceptors (Lipinski definition) is 13. The molecule has 1 aliphatic rings. The molecule has 3 rings (SSSR count). The quantitative estimate of drug-likeness (QED) is 0.159. The molecule has 1 saturated heterocycles. The van der Waals surface area contributed by atoms with Crippen LogP contribution in [0.5, 0.6) is 11.6 Å². The molecule has 2 heterocycles. The molecule has 208 valence electrons. The van der Waals surface area contributed by atoms with Crippen LogP contribution in [0.4, 0.5) is 0 Å². The van der Waals surface area contributed by atoms with Crippen molar-refractivity contribution in [3.05, 3.63) is 42.4 Å². The maximum atomic E-state index is 13.7. The Kier molecular flexibility index (Phi) is 9.43. The normalized spacial score (nSPS) is 23.3. The number of ether oxygens (including phenoxy) is 3. The number of aromatic nitrogens is 2. The number of imidazole rings is 1. The molecule has 2 unspecified atom stereocenters. The van der Waals surface area contributed by atoms with Gasteiger partial charge in [-0.05, 0) is 12.1 Å². The van der Waals surface area contributed by atoms with E-state index in [1.54, 1.807) is 18.2 Å². The number of hydrogen-bond donors (Lipinski definition) is 5. The highest BCUT2D eigenvalue weighted by molar-refractivity contribution is 7.52. The lowest BCUT2D eigenvalue weighted by atomic mass is 10.1. The van der Waals surface area contributed by atoms with Gasteiger partial charge in [-0.25, -0.2) is 9.55 Å². The van der Waals surface area contributed by atoms with Gasteiger partial charge in [0.15, 0.2) is 11.9 Å². The van der Waals surface area contributed by atoms with Crippen molar-refractivity contribution in [1.82, 2.24) is 14.6 Å². The van der Waals surface area contributed by atoms with Crippen molar-refractivity contribution in [3.8, 4) is 11.6 Å². The van der Waals surface area contributed by atoms with E-state index in [0.29, 0.717) is 0 Å². The number of esters is 2. The van der Waals surface area contributed by atoms with Gasteiger partial charge in [0.05, 0.1) is 27.2 Å². The maximum Gasteiger partial charge on any atom is 0.459 e. The van der Waals surface area contributed by atoms with Crippen molar-refractivity contribution in [3.63, 3.8) is 0 Å². The highest BCUT2D eigenvalue weighted by atomic mass is 31.2. The Hall–Kier alpha value is -3.53.